The van der Waals surface area contributed by atoms with Crippen LogP contribution in [0.25, 0.3) is 0 Å². The molecule has 30 heavy (non-hydrogen) atoms. The summed E-state index contributed by atoms with van der Waals surface area (Å²) in [5.74, 6) is -0.762. The molecule has 0 saturated heterocycles. The van der Waals surface area contributed by atoms with Crippen LogP contribution in [0.3, 0.4) is 0 Å². The minimum Gasteiger partial charge on any atom is -0.321 e. The minimum absolute atomic E-state index is 0.0235. The fraction of sp³-hybridized carbons (Fsp3) is 0.167. The third-order valence-electron chi connectivity index (χ3n) is 5.44. The zero-order chi connectivity index (χ0) is 21.5. The van der Waals surface area contributed by atoms with Crippen LogP contribution < -0.4 is 5.32 Å². The Morgan fingerprint density at radius 3 is 2.13 bits per heavy atom. The van der Waals surface area contributed by atoms with Gasteiger partial charge in [0, 0.05) is 22.4 Å². The van der Waals surface area contributed by atoms with Gasteiger partial charge in [-0.05, 0) is 54.3 Å². The average molecular weight is 420 g/mol. The van der Waals surface area contributed by atoms with Crippen LogP contribution in [0.1, 0.15) is 51.3 Å². The molecule has 0 bridgehead atoms. The van der Waals surface area contributed by atoms with Gasteiger partial charge in [-0.25, -0.2) is 8.42 Å². The van der Waals surface area contributed by atoms with Crippen LogP contribution >= 0.6 is 0 Å². The molecule has 1 amide bonds. The molecule has 1 aliphatic rings. The molecule has 5 nitrogen and oxygen atoms in total. The number of hydrogen-bond donors (Lipinski definition) is 1. The molecule has 0 atom stereocenters. The number of carbonyl (C=O) groups excluding carboxylic acids is 2. The summed E-state index contributed by atoms with van der Waals surface area (Å²) >= 11 is 0. The summed E-state index contributed by atoms with van der Waals surface area (Å²) in [6.07, 6.45) is 1.51. The van der Waals surface area contributed by atoms with Crippen molar-refractivity contribution in [3.8, 4) is 0 Å². The number of sulfone groups is 1. The smallest absolute Gasteiger partial charge is 0.255 e. The van der Waals surface area contributed by atoms with Gasteiger partial charge in [0.2, 0.25) is 9.84 Å². The third-order valence-corrected chi connectivity index (χ3v) is 7.29. The summed E-state index contributed by atoms with van der Waals surface area (Å²) in [5, 5.41) is 2.94. The lowest BCUT2D eigenvalue weighted by Gasteiger charge is -2.19. The molecular weight excluding hydrogens is 398 g/mol. The first-order valence-electron chi connectivity index (χ1n) is 9.83. The number of anilines is 1. The van der Waals surface area contributed by atoms with E-state index in [2.05, 4.69) is 5.32 Å². The number of carbonyl (C=O) groups is 2. The molecule has 0 fully saturated rings. The molecular formula is C24H21NO4S. The van der Waals surface area contributed by atoms with Crippen molar-refractivity contribution < 1.29 is 18.0 Å². The van der Waals surface area contributed by atoms with Crippen LogP contribution in [0.15, 0.2) is 70.5 Å². The number of rotatable bonds is 4. The number of para-hydroxylation sites is 1. The Labute approximate surface area is 175 Å². The first-order valence-corrected chi connectivity index (χ1v) is 11.3. The molecule has 152 valence electrons. The fourth-order valence-corrected chi connectivity index (χ4v) is 5.49. The molecule has 0 aliphatic carbocycles. The maximum atomic E-state index is 13.1. The largest absolute Gasteiger partial charge is 0.321 e. The molecule has 3 aromatic rings. The number of hydrogen-bond acceptors (Lipinski definition) is 4. The Morgan fingerprint density at radius 1 is 0.833 bits per heavy atom. The number of benzene rings is 3. The first-order chi connectivity index (χ1) is 14.4. The van der Waals surface area contributed by atoms with Gasteiger partial charge in [-0.2, -0.15) is 0 Å². The van der Waals surface area contributed by atoms with Crippen LogP contribution in [-0.4, -0.2) is 20.1 Å². The Balaban J connectivity index is 1.77. The summed E-state index contributed by atoms with van der Waals surface area (Å²) in [7, 11) is -3.89. The highest BCUT2D eigenvalue weighted by Gasteiger charge is 2.35. The van der Waals surface area contributed by atoms with E-state index in [4.69, 9.17) is 0 Å². The predicted octanol–water partition coefficient (Wildman–Crippen LogP) is 4.44. The molecule has 0 unspecified atom stereocenters. The van der Waals surface area contributed by atoms with Gasteiger partial charge >= 0.3 is 0 Å². The quantitative estimate of drug-likeness (QED) is 0.530. The highest BCUT2D eigenvalue weighted by atomic mass is 32.2. The predicted molar refractivity (Wildman–Crippen MR) is 115 cm³/mol. The van der Waals surface area contributed by atoms with Crippen molar-refractivity contribution in [3.05, 3.63) is 88.5 Å². The van der Waals surface area contributed by atoms with E-state index in [1.165, 1.54) is 30.3 Å². The van der Waals surface area contributed by atoms with Crippen molar-refractivity contribution in [2.75, 3.05) is 5.32 Å². The van der Waals surface area contributed by atoms with Crippen LogP contribution in [0, 0.1) is 0 Å². The Morgan fingerprint density at radius 2 is 1.47 bits per heavy atom. The molecule has 4 rings (SSSR count). The van der Waals surface area contributed by atoms with Gasteiger partial charge in [-0.1, -0.05) is 44.2 Å². The summed E-state index contributed by atoms with van der Waals surface area (Å²) in [6.45, 7) is 4.03. The molecule has 0 aromatic heterocycles. The van der Waals surface area contributed by atoms with E-state index in [0.29, 0.717) is 0 Å². The first kappa shape index (κ1) is 20.0. The fourth-order valence-electron chi connectivity index (χ4n) is 3.81. The molecule has 0 radical (unpaired) electrons. The Hall–Kier alpha value is -3.25. The van der Waals surface area contributed by atoms with Crippen LogP contribution in [-0.2, 0) is 22.7 Å². The summed E-state index contributed by atoms with van der Waals surface area (Å²) in [5.41, 5.74) is 3.22. The van der Waals surface area contributed by atoms with E-state index in [1.807, 2.05) is 32.0 Å². The van der Waals surface area contributed by atoms with E-state index in [9.17, 15) is 18.0 Å². The number of amides is 1. The zero-order valence-corrected chi connectivity index (χ0v) is 17.5. The van der Waals surface area contributed by atoms with Crippen molar-refractivity contribution in [2.45, 2.75) is 36.5 Å². The summed E-state index contributed by atoms with van der Waals surface area (Å²) in [6, 6.07) is 16.2. The van der Waals surface area contributed by atoms with E-state index in [0.717, 1.165) is 29.7 Å². The zero-order valence-electron chi connectivity index (χ0n) is 16.7. The number of nitrogens with one attached hydrogen (secondary N) is 1. The molecule has 6 heteroatoms. The Bertz CT molecular complexity index is 1270. The van der Waals surface area contributed by atoms with E-state index in [1.54, 1.807) is 12.1 Å². The summed E-state index contributed by atoms with van der Waals surface area (Å²) < 4.78 is 26.2. The van der Waals surface area contributed by atoms with E-state index < -0.39 is 15.7 Å². The SMILES string of the molecule is CCc1cccc(CC)c1NC(=O)c1ccc2c(c1)S(=O)(=O)c1ccccc1C2=O. The van der Waals surface area contributed by atoms with Gasteiger partial charge in [0.15, 0.2) is 5.78 Å². The standard InChI is InChI=1S/C24H21NO4S/c1-3-15-8-7-9-16(4-2)22(15)25-24(27)17-12-13-19-21(14-17)30(28,29)20-11-6-5-10-18(20)23(19)26/h5-14H,3-4H2,1-2H3,(H,25,27). The molecule has 0 saturated carbocycles. The van der Waals surface area contributed by atoms with Crippen molar-refractivity contribution in [3.63, 3.8) is 0 Å². The Kier molecular flexibility index (Phi) is 5.03. The second kappa shape index (κ2) is 7.54. The second-order valence-corrected chi connectivity index (χ2v) is 9.04. The van der Waals surface area contributed by atoms with Crippen molar-refractivity contribution in [1.82, 2.24) is 0 Å². The van der Waals surface area contributed by atoms with Crippen molar-refractivity contribution in [2.24, 2.45) is 0 Å². The van der Waals surface area contributed by atoms with E-state index >= 15 is 0 Å². The van der Waals surface area contributed by atoms with Gasteiger partial charge in [0.25, 0.3) is 5.91 Å². The average Bonchev–Trinajstić information content (AvgIpc) is 2.77. The molecule has 1 aliphatic heterocycles. The van der Waals surface area contributed by atoms with Gasteiger partial charge in [0.1, 0.15) is 0 Å². The van der Waals surface area contributed by atoms with E-state index in [-0.39, 0.29) is 32.3 Å². The van der Waals surface area contributed by atoms with Gasteiger partial charge in [-0.15, -0.1) is 0 Å². The molecule has 0 spiro atoms. The minimum atomic E-state index is -3.89. The normalized spacial score (nSPS) is 14.0. The summed E-state index contributed by atoms with van der Waals surface area (Å²) in [4.78, 5) is 25.6. The lowest BCUT2D eigenvalue weighted by Crippen LogP contribution is -2.22. The van der Waals surface area contributed by atoms with Crippen LogP contribution in [0.2, 0.25) is 0 Å². The lowest BCUT2D eigenvalue weighted by molar-refractivity contribution is 0.101. The highest BCUT2D eigenvalue weighted by molar-refractivity contribution is 7.91. The maximum absolute atomic E-state index is 13.1. The van der Waals surface area contributed by atoms with Crippen molar-refractivity contribution in [1.29, 1.82) is 0 Å². The van der Waals surface area contributed by atoms with Gasteiger partial charge in [0.05, 0.1) is 9.79 Å². The lowest BCUT2D eigenvalue weighted by atomic mass is 10.00. The number of aryl methyl sites for hydroxylation is 2. The van der Waals surface area contributed by atoms with Gasteiger partial charge in [-0.3, -0.25) is 9.59 Å². The van der Waals surface area contributed by atoms with Crippen LogP contribution in [0.5, 0.6) is 0 Å². The van der Waals surface area contributed by atoms with Crippen LogP contribution in [0.4, 0.5) is 5.69 Å². The second-order valence-electron chi connectivity index (χ2n) is 7.15. The topological polar surface area (TPSA) is 80.3 Å². The highest BCUT2D eigenvalue weighted by Crippen LogP contribution is 2.35. The molecule has 1 N–H and O–H groups in total. The maximum Gasteiger partial charge on any atom is 0.255 e. The number of fused-ring (bicyclic) bond motifs is 2. The van der Waals surface area contributed by atoms with Crippen molar-refractivity contribution >= 4 is 27.2 Å². The third kappa shape index (κ3) is 3.13. The molecule has 1 heterocycles. The molecule has 3 aromatic carbocycles. The number of ketones is 1. The van der Waals surface area contributed by atoms with Gasteiger partial charge < -0.3 is 5.32 Å². The monoisotopic (exact) mass is 419 g/mol.